The number of methoxy groups -OCH3 is 1. The second-order valence-corrected chi connectivity index (χ2v) is 9.95. The largest absolute Gasteiger partial charge is 0.495 e. The molecule has 37 heavy (non-hydrogen) atoms. The van der Waals surface area contributed by atoms with Crippen LogP contribution >= 0.6 is 0 Å². The van der Waals surface area contributed by atoms with Crippen LogP contribution in [0.5, 0.6) is 5.75 Å². The van der Waals surface area contributed by atoms with Crippen molar-refractivity contribution in [1.82, 2.24) is 24.3 Å². The Morgan fingerprint density at radius 1 is 1.08 bits per heavy atom. The maximum atomic E-state index is 13.6. The molecule has 0 amide bonds. The lowest BCUT2D eigenvalue weighted by atomic mass is 9.64. The van der Waals surface area contributed by atoms with E-state index in [1.165, 1.54) is 6.07 Å². The molecule has 0 saturated carbocycles. The van der Waals surface area contributed by atoms with Gasteiger partial charge >= 0.3 is 6.18 Å². The first kappa shape index (κ1) is 25.0. The lowest BCUT2D eigenvalue weighted by Crippen LogP contribution is -2.52. The monoisotopic (exact) mass is 511 g/mol. The molecule has 1 aliphatic rings. The molecule has 0 spiro atoms. The number of fused-ring (bicyclic) bond motifs is 1. The average molecular weight is 512 g/mol. The summed E-state index contributed by atoms with van der Waals surface area (Å²) in [6.07, 6.45) is 0.151. The highest BCUT2D eigenvalue weighted by Crippen LogP contribution is 2.49. The van der Waals surface area contributed by atoms with Gasteiger partial charge in [-0.3, -0.25) is 0 Å². The fourth-order valence-electron chi connectivity index (χ4n) is 5.41. The quantitative estimate of drug-likeness (QED) is 0.393. The molecule has 5 rings (SSSR count). The standard InChI is InChI=1S/C27H28F3N5O2/c1-17-15-34(16-31-17)21-10-9-18(13-22(21)37-4)23-32-33-24-26(25(2,3)36,11-6-12-35(23)24)19-7-5-8-20(14-19)27(28,29)30/h5,7-10,13-16,36H,6,11-12H2,1-4H3. The van der Waals surface area contributed by atoms with E-state index in [1.807, 2.05) is 40.5 Å². The highest BCUT2D eigenvalue weighted by Gasteiger charge is 2.52. The number of imidazole rings is 1. The maximum absolute atomic E-state index is 13.6. The fourth-order valence-corrected chi connectivity index (χ4v) is 5.41. The van der Waals surface area contributed by atoms with Gasteiger partial charge in [0, 0.05) is 18.3 Å². The van der Waals surface area contributed by atoms with Crippen LogP contribution in [0.4, 0.5) is 13.2 Å². The Kier molecular flexibility index (Phi) is 5.90. The van der Waals surface area contributed by atoms with Crippen LogP contribution in [0.25, 0.3) is 17.1 Å². The van der Waals surface area contributed by atoms with Gasteiger partial charge in [0.15, 0.2) is 5.82 Å². The minimum absolute atomic E-state index is 0.359. The van der Waals surface area contributed by atoms with E-state index in [4.69, 9.17) is 4.74 Å². The molecule has 0 fully saturated rings. The van der Waals surface area contributed by atoms with Crippen molar-refractivity contribution in [3.63, 3.8) is 0 Å². The van der Waals surface area contributed by atoms with Crippen molar-refractivity contribution in [1.29, 1.82) is 0 Å². The minimum atomic E-state index is -4.50. The summed E-state index contributed by atoms with van der Waals surface area (Å²) >= 11 is 0. The highest BCUT2D eigenvalue weighted by molar-refractivity contribution is 5.64. The molecule has 3 heterocycles. The molecule has 1 aliphatic heterocycles. The number of rotatable bonds is 5. The first-order chi connectivity index (χ1) is 17.5. The highest BCUT2D eigenvalue weighted by atomic mass is 19.4. The number of ether oxygens (including phenoxy) is 1. The molecule has 0 aliphatic carbocycles. The van der Waals surface area contributed by atoms with Crippen LogP contribution in [0.1, 0.15) is 49.3 Å². The predicted octanol–water partition coefficient (Wildman–Crippen LogP) is 5.32. The molecule has 1 unspecified atom stereocenters. The van der Waals surface area contributed by atoms with Crippen LogP contribution in [-0.2, 0) is 18.1 Å². The Bertz CT molecular complexity index is 1450. The number of aryl methyl sites for hydroxylation is 1. The molecule has 2 aromatic heterocycles. The number of aliphatic hydroxyl groups is 1. The topological polar surface area (TPSA) is 78.0 Å². The van der Waals surface area contributed by atoms with E-state index in [1.54, 1.807) is 33.4 Å². The summed E-state index contributed by atoms with van der Waals surface area (Å²) < 4.78 is 50.2. The summed E-state index contributed by atoms with van der Waals surface area (Å²) in [7, 11) is 1.58. The number of alkyl halides is 3. The zero-order valence-electron chi connectivity index (χ0n) is 21.0. The lowest BCUT2D eigenvalue weighted by Gasteiger charge is -2.46. The van der Waals surface area contributed by atoms with Gasteiger partial charge in [-0.25, -0.2) is 4.98 Å². The van der Waals surface area contributed by atoms with E-state index in [9.17, 15) is 18.3 Å². The third-order valence-corrected chi connectivity index (χ3v) is 7.22. The molecule has 1 atom stereocenters. The molecule has 0 radical (unpaired) electrons. The molecule has 0 bridgehead atoms. The van der Waals surface area contributed by atoms with Gasteiger partial charge in [-0.2, -0.15) is 13.2 Å². The SMILES string of the molecule is COc1cc(-c2nnc3n2CCCC3(c2cccc(C(F)(F)F)c2)C(C)(C)O)ccc1-n1cnc(C)c1. The van der Waals surface area contributed by atoms with Gasteiger partial charge in [0.2, 0.25) is 0 Å². The minimum Gasteiger partial charge on any atom is -0.495 e. The second-order valence-electron chi connectivity index (χ2n) is 9.95. The number of halogens is 3. The zero-order valence-corrected chi connectivity index (χ0v) is 21.0. The lowest BCUT2D eigenvalue weighted by molar-refractivity contribution is -0.137. The van der Waals surface area contributed by atoms with Gasteiger partial charge in [-0.1, -0.05) is 18.2 Å². The Hall–Kier alpha value is -3.66. The normalized spacial score (nSPS) is 18.1. The van der Waals surface area contributed by atoms with Crippen molar-refractivity contribution in [2.45, 2.75) is 57.3 Å². The van der Waals surface area contributed by atoms with E-state index >= 15 is 0 Å². The van der Waals surface area contributed by atoms with Gasteiger partial charge in [-0.15, -0.1) is 10.2 Å². The number of nitrogens with zero attached hydrogens (tertiary/aromatic N) is 5. The molecule has 7 nitrogen and oxygen atoms in total. The van der Waals surface area contributed by atoms with Crippen LogP contribution < -0.4 is 4.74 Å². The second kappa shape index (κ2) is 8.72. The molecule has 10 heteroatoms. The maximum Gasteiger partial charge on any atom is 0.416 e. The van der Waals surface area contributed by atoms with Crippen molar-refractivity contribution < 1.29 is 23.0 Å². The fraction of sp³-hybridized carbons (Fsp3) is 0.370. The van der Waals surface area contributed by atoms with E-state index in [0.717, 1.165) is 29.1 Å². The van der Waals surface area contributed by atoms with Gasteiger partial charge in [0.05, 0.1) is 41.4 Å². The molecular weight excluding hydrogens is 483 g/mol. The van der Waals surface area contributed by atoms with Crippen LogP contribution in [0.2, 0.25) is 0 Å². The Morgan fingerprint density at radius 3 is 2.51 bits per heavy atom. The summed E-state index contributed by atoms with van der Waals surface area (Å²) in [5, 5.41) is 20.4. The van der Waals surface area contributed by atoms with Crippen molar-refractivity contribution in [3.05, 3.63) is 77.6 Å². The van der Waals surface area contributed by atoms with Gasteiger partial charge in [-0.05, 0) is 63.4 Å². The number of aromatic nitrogens is 5. The summed E-state index contributed by atoms with van der Waals surface area (Å²) in [4.78, 5) is 4.27. The first-order valence-corrected chi connectivity index (χ1v) is 12.0. The molecule has 4 aromatic rings. The van der Waals surface area contributed by atoms with Crippen LogP contribution in [-0.4, -0.2) is 42.1 Å². The van der Waals surface area contributed by atoms with E-state index in [-0.39, 0.29) is 0 Å². The van der Waals surface area contributed by atoms with Gasteiger partial charge in [0.1, 0.15) is 11.6 Å². The van der Waals surface area contributed by atoms with Gasteiger partial charge in [0.25, 0.3) is 0 Å². The molecule has 2 aromatic carbocycles. The van der Waals surface area contributed by atoms with Crippen molar-refractivity contribution in [2.75, 3.05) is 7.11 Å². The van der Waals surface area contributed by atoms with Crippen LogP contribution in [0.15, 0.2) is 55.0 Å². The molecule has 1 N–H and O–H groups in total. The van der Waals surface area contributed by atoms with Gasteiger partial charge < -0.3 is 19.0 Å². The van der Waals surface area contributed by atoms with Crippen LogP contribution in [0.3, 0.4) is 0 Å². The summed E-state index contributed by atoms with van der Waals surface area (Å²) in [6, 6.07) is 10.8. The Morgan fingerprint density at radius 2 is 1.86 bits per heavy atom. The van der Waals surface area contributed by atoms with Crippen molar-refractivity contribution in [2.24, 2.45) is 0 Å². The predicted molar refractivity (Wildman–Crippen MR) is 132 cm³/mol. The number of hydrogen-bond donors (Lipinski definition) is 1. The number of benzene rings is 2. The van der Waals surface area contributed by atoms with E-state index in [2.05, 4.69) is 15.2 Å². The third-order valence-electron chi connectivity index (χ3n) is 7.22. The molecule has 0 saturated heterocycles. The Balaban J connectivity index is 1.65. The van der Waals surface area contributed by atoms with E-state index < -0.39 is 22.8 Å². The smallest absolute Gasteiger partial charge is 0.416 e. The summed E-state index contributed by atoms with van der Waals surface area (Å²) in [6.45, 7) is 5.70. The average Bonchev–Trinajstić information content (AvgIpc) is 3.48. The summed E-state index contributed by atoms with van der Waals surface area (Å²) in [5.41, 5.74) is -0.586. The molecule has 194 valence electrons. The van der Waals surface area contributed by atoms with E-state index in [0.29, 0.717) is 42.3 Å². The Labute approximate surface area is 212 Å². The van der Waals surface area contributed by atoms with Crippen LogP contribution in [0, 0.1) is 6.92 Å². The van der Waals surface area contributed by atoms with Crippen molar-refractivity contribution >= 4 is 0 Å². The summed E-state index contributed by atoms with van der Waals surface area (Å²) in [5.74, 6) is 1.60. The zero-order chi connectivity index (χ0) is 26.6. The third kappa shape index (κ3) is 4.09. The number of hydrogen-bond acceptors (Lipinski definition) is 5. The molecular formula is C27H28F3N5O2. The van der Waals surface area contributed by atoms with Crippen molar-refractivity contribution in [3.8, 4) is 22.8 Å². The first-order valence-electron chi connectivity index (χ1n) is 12.0.